The average molecular weight is 685 g/mol. The molecule has 2 aliphatic rings. The topological polar surface area (TPSA) is 90.3 Å². The number of aliphatic carboxylic acids is 1. The Morgan fingerprint density at radius 3 is 1.63 bits per heavy atom. The first-order valence-corrected chi connectivity index (χ1v) is 18.8. The molecule has 7 nitrogen and oxygen atoms in total. The summed E-state index contributed by atoms with van der Waals surface area (Å²) in [6, 6.07) is 2.18. The molecule has 49 heavy (non-hydrogen) atoms. The van der Waals surface area contributed by atoms with Crippen molar-refractivity contribution in [3.8, 4) is 5.75 Å². The van der Waals surface area contributed by atoms with E-state index in [1.54, 1.807) is 0 Å². The van der Waals surface area contributed by atoms with E-state index in [0.717, 1.165) is 60.8 Å². The Balaban J connectivity index is 2.66. The molecule has 280 valence electrons. The molecule has 1 unspecified atom stereocenters. The molecule has 0 amide bonds. The fourth-order valence-corrected chi connectivity index (χ4v) is 9.62. The number of carboxylic acid groups (broad SMARTS) is 1. The fraction of sp³-hybridized carbons (Fsp3) is 0.810. The van der Waals surface area contributed by atoms with Crippen LogP contribution in [0.15, 0.2) is 6.07 Å². The molecule has 0 aromatic heterocycles. The first kappa shape index (κ1) is 41.3. The molecule has 0 bridgehead atoms. The van der Waals surface area contributed by atoms with E-state index < -0.39 is 34.8 Å². The molecular formula is C42H72N2O5. The summed E-state index contributed by atoms with van der Waals surface area (Å²) in [5, 5.41) is 22.3. The molecule has 0 radical (unpaired) electrons. The maximum atomic E-state index is 13.9. The summed E-state index contributed by atoms with van der Waals surface area (Å²) in [5.41, 5.74) is 1.21. The molecule has 0 aliphatic carbocycles. The zero-order valence-electron chi connectivity index (χ0n) is 34.4. The first-order valence-electron chi connectivity index (χ1n) is 18.8. The van der Waals surface area contributed by atoms with Gasteiger partial charge in [-0.2, -0.15) is 0 Å². The number of phenolic OH excluding ortho intramolecular Hbond substituents is 1. The van der Waals surface area contributed by atoms with E-state index >= 15 is 0 Å². The number of hydrogen-bond acceptors (Lipinski definition) is 6. The first-order chi connectivity index (χ1) is 21.9. The normalized spacial score (nSPS) is 23.2. The van der Waals surface area contributed by atoms with Crippen LogP contribution in [-0.2, 0) is 30.8 Å². The maximum Gasteiger partial charge on any atom is 0.318 e. The smallest absolute Gasteiger partial charge is 0.318 e. The third-order valence-corrected chi connectivity index (χ3v) is 12.5. The Labute approximate surface area is 299 Å². The van der Waals surface area contributed by atoms with Crippen molar-refractivity contribution in [3.63, 3.8) is 0 Å². The second kappa shape index (κ2) is 13.5. The molecule has 2 heterocycles. The van der Waals surface area contributed by atoms with Gasteiger partial charge in [-0.25, -0.2) is 0 Å². The lowest BCUT2D eigenvalue weighted by molar-refractivity contribution is -0.183. The van der Waals surface area contributed by atoms with E-state index in [-0.39, 0.29) is 34.0 Å². The van der Waals surface area contributed by atoms with Crippen molar-refractivity contribution in [2.45, 2.75) is 200 Å². The van der Waals surface area contributed by atoms with Gasteiger partial charge in [0.2, 0.25) is 0 Å². The van der Waals surface area contributed by atoms with Gasteiger partial charge >= 0.3 is 11.9 Å². The van der Waals surface area contributed by atoms with Crippen molar-refractivity contribution in [2.24, 2.45) is 5.92 Å². The van der Waals surface area contributed by atoms with Crippen molar-refractivity contribution < 1.29 is 24.5 Å². The van der Waals surface area contributed by atoms with Crippen LogP contribution in [0, 0.1) is 5.92 Å². The van der Waals surface area contributed by atoms with E-state index in [0.29, 0.717) is 12.2 Å². The highest BCUT2D eigenvalue weighted by Gasteiger charge is 2.56. The average Bonchev–Trinajstić information content (AvgIpc) is 2.89. The van der Waals surface area contributed by atoms with Crippen molar-refractivity contribution in [3.05, 3.63) is 28.3 Å². The molecule has 1 aromatic carbocycles. The van der Waals surface area contributed by atoms with Crippen molar-refractivity contribution in [1.82, 2.24) is 9.80 Å². The Morgan fingerprint density at radius 2 is 1.24 bits per heavy atom. The van der Waals surface area contributed by atoms with Crippen molar-refractivity contribution >= 4 is 11.9 Å². The lowest BCUT2D eigenvalue weighted by atomic mass is 9.59. The molecule has 2 aliphatic heterocycles. The van der Waals surface area contributed by atoms with Crippen molar-refractivity contribution in [2.75, 3.05) is 14.1 Å². The van der Waals surface area contributed by atoms with Crippen LogP contribution < -0.4 is 0 Å². The van der Waals surface area contributed by atoms with Gasteiger partial charge in [-0.05, 0) is 142 Å². The van der Waals surface area contributed by atoms with Crippen LogP contribution in [0.4, 0.5) is 0 Å². The van der Waals surface area contributed by atoms with Gasteiger partial charge in [-0.3, -0.25) is 19.4 Å². The number of aromatic hydroxyl groups is 1. The maximum absolute atomic E-state index is 13.9. The van der Waals surface area contributed by atoms with Gasteiger partial charge in [0.25, 0.3) is 0 Å². The predicted octanol–water partition coefficient (Wildman–Crippen LogP) is 9.66. The van der Waals surface area contributed by atoms with Crippen molar-refractivity contribution in [1.29, 1.82) is 0 Å². The lowest BCUT2D eigenvalue weighted by Gasteiger charge is -2.58. The molecule has 3 rings (SSSR count). The zero-order chi connectivity index (χ0) is 37.9. The number of unbranched alkanes of at least 4 members (excludes halogenated alkanes) is 1. The number of likely N-dealkylation sites (tertiary alicyclic amines) is 2. The van der Waals surface area contributed by atoms with E-state index in [4.69, 9.17) is 4.74 Å². The molecule has 2 N–H and O–H groups in total. The molecular weight excluding hydrogens is 612 g/mol. The van der Waals surface area contributed by atoms with Crippen LogP contribution in [0.1, 0.15) is 183 Å². The highest BCUT2D eigenvalue weighted by Crippen LogP contribution is 2.58. The summed E-state index contributed by atoms with van der Waals surface area (Å²) in [7, 11) is 4.40. The number of carbonyl (C=O) groups excluding carboxylic acids is 1. The van der Waals surface area contributed by atoms with Gasteiger partial charge < -0.3 is 14.9 Å². The lowest BCUT2D eigenvalue weighted by Crippen LogP contribution is -2.62. The molecule has 2 saturated heterocycles. The monoisotopic (exact) mass is 685 g/mol. The van der Waals surface area contributed by atoms with Gasteiger partial charge in [-0.15, -0.1) is 0 Å². The Bertz CT molecular complexity index is 1360. The van der Waals surface area contributed by atoms with Crippen LogP contribution in [0.2, 0.25) is 0 Å². The number of piperidine rings is 2. The number of benzene rings is 1. The number of carbonyl (C=O) groups is 2. The van der Waals surface area contributed by atoms with Crippen LogP contribution in [0.25, 0.3) is 0 Å². The zero-order valence-corrected chi connectivity index (χ0v) is 34.4. The summed E-state index contributed by atoms with van der Waals surface area (Å²) < 4.78 is 6.90. The predicted molar refractivity (Wildman–Crippen MR) is 202 cm³/mol. The quantitative estimate of drug-likeness (QED) is 0.198. The van der Waals surface area contributed by atoms with Crippen LogP contribution in [0.3, 0.4) is 0 Å². The summed E-state index contributed by atoms with van der Waals surface area (Å²) >= 11 is 0. The van der Waals surface area contributed by atoms with Crippen LogP contribution in [-0.4, -0.2) is 68.2 Å². The fourth-order valence-electron chi connectivity index (χ4n) is 9.62. The van der Waals surface area contributed by atoms with Gasteiger partial charge in [-0.1, -0.05) is 54.9 Å². The van der Waals surface area contributed by atoms with E-state index in [9.17, 15) is 19.8 Å². The summed E-state index contributed by atoms with van der Waals surface area (Å²) in [5.74, 6) is -1.57. The van der Waals surface area contributed by atoms with Crippen LogP contribution >= 0.6 is 0 Å². The minimum absolute atomic E-state index is 0.0665. The van der Waals surface area contributed by atoms with E-state index in [1.165, 1.54) is 0 Å². The van der Waals surface area contributed by atoms with Gasteiger partial charge in [0.15, 0.2) is 0 Å². The number of nitrogens with zero attached hydrogens (tertiary/aromatic N) is 2. The minimum Gasteiger partial charge on any atom is -0.507 e. The molecule has 0 spiro atoms. The number of esters is 1. The molecule has 2 fully saturated rings. The number of rotatable bonds is 9. The molecule has 7 heteroatoms. The van der Waals surface area contributed by atoms with E-state index in [1.807, 2.05) is 0 Å². The summed E-state index contributed by atoms with van der Waals surface area (Å²) in [6.45, 7) is 33.4. The summed E-state index contributed by atoms with van der Waals surface area (Å²) in [6.07, 6.45) is 4.90. The third-order valence-electron chi connectivity index (χ3n) is 12.5. The molecule has 1 aromatic rings. The number of ether oxygens (including phenoxy) is 1. The number of carboxylic acids is 1. The van der Waals surface area contributed by atoms with Gasteiger partial charge in [0, 0.05) is 39.2 Å². The van der Waals surface area contributed by atoms with Gasteiger partial charge in [0.05, 0.1) is 0 Å². The third kappa shape index (κ3) is 8.19. The second-order valence-electron chi connectivity index (χ2n) is 20.2. The highest BCUT2D eigenvalue weighted by molar-refractivity contribution is 5.90. The van der Waals surface area contributed by atoms with Gasteiger partial charge in [0.1, 0.15) is 17.8 Å². The van der Waals surface area contributed by atoms with Crippen LogP contribution in [0.5, 0.6) is 5.75 Å². The minimum atomic E-state index is -1.19. The second-order valence-corrected chi connectivity index (χ2v) is 20.2. The Hall–Kier alpha value is -2.12. The number of phenols is 1. The highest BCUT2D eigenvalue weighted by atomic mass is 16.6. The summed E-state index contributed by atoms with van der Waals surface area (Å²) in [4.78, 5) is 30.9. The molecule has 1 atom stereocenters. The Morgan fingerprint density at radius 1 is 0.796 bits per heavy atom. The molecule has 0 saturated carbocycles. The largest absolute Gasteiger partial charge is 0.507 e. The number of hydrogen-bond donors (Lipinski definition) is 2. The standard InChI is InChI=1S/C42H72N2O5/c1-18-19-20-42(49-32(47)22-31(45)46,28-25-40(12,13)44(17)41(14,15)26-28)29-21-30(36(2,3)4)35(48)34(37(5,6)7)33(29)27-23-38(8,9)43(16)39(10,11)24-27/h21,27-28,48H,18-20,22-26H2,1-17H3,(H,45,46). The Kier molecular flexibility index (Phi) is 11.3. The van der Waals surface area contributed by atoms with E-state index in [2.05, 4.69) is 134 Å². The SMILES string of the molecule is CCCCC(OC(=O)CC(=O)O)(c1cc(C(C)(C)C)c(O)c(C(C)(C)C)c1C1CC(C)(C)N(C)C(C)(C)C1)C1CC(C)(C)N(C)C(C)(C)C1.